The number of thiazole rings is 1. The summed E-state index contributed by atoms with van der Waals surface area (Å²) in [6, 6.07) is 4.34. The predicted molar refractivity (Wildman–Crippen MR) is 70.1 cm³/mol. The molecule has 0 bridgehead atoms. The van der Waals surface area contributed by atoms with Crippen LogP contribution in [0, 0.1) is 13.8 Å². The van der Waals surface area contributed by atoms with E-state index in [4.69, 9.17) is 0 Å². The number of aryl methyl sites for hydroxylation is 2. The molecule has 0 amide bonds. The Hall–Kier alpha value is -1.48. The molecule has 82 valence electrons. The number of hydrogen-bond acceptors (Lipinski definition) is 3. The molecule has 3 heteroatoms. The van der Waals surface area contributed by atoms with Crippen LogP contribution >= 0.6 is 11.3 Å². The van der Waals surface area contributed by atoms with Gasteiger partial charge in [0, 0.05) is 17.1 Å². The molecule has 16 heavy (non-hydrogen) atoms. The summed E-state index contributed by atoms with van der Waals surface area (Å²) in [4.78, 5) is 8.77. The van der Waals surface area contributed by atoms with E-state index in [1.54, 1.807) is 11.3 Å². The average Bonchev–Trinajstić information content (AvgIpc) is 2.70. The van der Waals surface area contributed by atoms with Crippen LogP contribution in [0.2, 0.25) is 0 Å². The fourth-order valence-corrected chi connectivity index (χ4v) is 2.35. The topological polar surface area (TPSA) is 25.2 Å². The second-order valence-electron chi connectivity index (χ2n) is 3.75. The molecule has 0 atom stereocenters. The van der Waals surface area contributed by atoms with Gasteiger partial charge in [-0.25, -0.2) is 9.98 Å². The minimum absolute atomic E-state index is 0. The molecular weight excluding hydrogens is 216 g/mol. The van der Waals surface area contributed by atoms with E-state index in [9.17, 15) is 0 Å². The van der Waals surface area contributed by atoms with Gasteiger partial charge >= 0.3 is 0 Å². The third kappa shape index (κ3) is 1.48. The number of nitrogens with zero attached hydrogens (tertiary/aromatic N) is 2. The Morgan fingerprint density at radius 1 is 1.12 bits per heavy atom. The number of rotatable bonds is 1. The summed E-state index contributed by atoms with van der Waals surface area (Å²) in [6.07, 6.45) is 1.82. The van der Waals surface area contributed by atoms with Crippen molar-refractivity contribution in [3.8, 4) is 0 Å². The van der Waals surface area contributed by atoms with Crippen molar-refractivity contribution in [3.05, 3.63) is 45.4 Å². The lowest BCUT2D eigenvalue weighted by atomic mass is 9.97. The fourth-order valence-electron chi connectivity index (χ4n) is 1.71. The van der Waals surface area contributed by atoms with Crippen molar-refractivity contribution in [1.29, 1.82) is 0 Å². The molecule has 1 aromatic heterocycles. The first-order chi connectivity index (χ1) is 7.25. The number of aromatic nitrogens is 1. The molecule has 3 rings (SSSR count). The molecule has 1 aromatic carbocycles. The zero-order chi connectivity index (χ0) is 10.4. The number of hydrogen-bond donors (Lipinski definition) is 0. The van der Waals surface area contributed by atoms with Crippen LogP contribution in [0.25, 0.3) is 0 Å². The van der Waals surface area contributed by atoms with Gasteiger partial charge in [-0.2, -0.15) is 0 Å². The van der Waals surface area contributed by atoms with Gasteiger partial charge < -0.3 is 0 Å². The van der Waals surface area contributed by atoms with Crippen molar-refractivity contribution >= 4 is 22.7 Å². The maximum atomic E-state index is 4.49. The zero-order valence-corrected chi connectivity index (χ0v) is 9.43. The molecule has 1 aliphatic rings. The lowest BCUT2D eigenvalue weighted by molar-refractivity contribution is 1.27. The number of aliphatic imine (C=N–C) groups is 1. The Bertz CT molecular complexity index is 554. The summed E-state index contributed by atoms with van der Waals surface area (Å²) < 4.78 is 0. The van der Waals surface area contributed by atoms with Gasteiger partial charge in [0.1, 0.15) is 10.7 Å². The molecule has 0 saturated heterocycles. The number of benzene rings is 1. The van der Waals surface area contributed by atoms with Crippen LogP contribution < -0.4 is 0 Å². The first-order valence-corrected chi connectivity index (χ1v) is 5.74. The molecule has 0 radical (unpaired) electrons. The van der Waals surface area contributed by atoms with Crippen molar-refractivity contribution in [1.82, 2.24) is 4.98 Å². The van der Waals surface area contributed by atoms with E-state index in [2.05, 4.69) is 36.0 Å². The molecule has 0 aliphatic carbocycles. The van der Waals surface area contributed by atoms with Crippen LogP contribution in [-0.2, 0) is 0 Å². The highest BCUT2D eigenvalue weighted by Crippen LogP contribution is 2.35. The Labute approximate surface area is 99.7 Å². The number of fused-ring (bicyclic) bond motifs is 1. The Kier molecular flexibility index (Phi) is 2.64. The minimum Gasteiger partial charge on any atom is -0.244 e. The van der Waals surface area contributed by atoms with Gasteiger partial charge in [0.25, 0.3) is 0 Å². The van der Waals surface area contributed by atoms with E-state index in [1.807, 2.05) is 11.6 Å². The van der Waals surface area contributed by atoms with Gasteiger partial charge in [-0.1, -0.05) is 7.43 Å². The summed E-state index contributed by atoms with van der Waals surface area (Å²) in [5.74, 6) is 0. The van der Waals surface area contributed by atoms with Crippen LogP contribution in [0.3, 0.4) is 0 Å². The molecule has 0 fully saturated rings. The van der Waals surface area contributed by atoms with Gasteiger partial charge in [0.05, 0.1) is 5.69 Å². The Morgan fingerprint density at radius 2 is 1.88 bits per heavy atom. The summed E-state index contributed by atoms with van der Waals surface area (Å²) in [7, 11) is 0. The monoisotopic (exact) mass is 230 g/mol. The molecule has 2 aromatic rings. The standard InChI is InChI=1S/C12H10N2S.CH4/c1-7-5-9-10(6-8(7)2)14-11(9)12-13-3-4-15-12;/h3-6H,1-2H3;1H4. The van der Waals surface area contributed by atoms with E-state index in [0.29, 0.717) is 0 Å². The minimum atomic E-state index is 0. The van der Waals surface area contributed by atoms with Crippen molar-refractivity contribution in [2.24, 2.45) is 4.99 Å². The zero-order valence-electron chi connectivity index (χ0n) is 8.61. The van der Waals surface area contributed by atoms with Gasteiger partial charge in [-0.15, -0.1) is 11.3 Å². The summed E-state index contributed by atoms with van der Waals surface area (Å²) in [6.45, 7) is 4.25. The summed E-state index contributed by atoms with van der Waals surface area (Å²) >= 11 is 1.64. The quantitative estimate of drug-likeness (QED) is 0.623. The van der Waals surface area contributed by atoms with Crippen LogP contribution in [0.4, 0.5) is 5.69 Å². The maximum Gasteiger partial charge on any atom is 0.142 e. The first kappa shape index (κ1) is 11.0. The highest BCUT2D eigenvalue weighted by Gasteiger charge is 2.22. The van der Waals surface area contributed by atoms with Crippen molar-refractivity contribution in [2.75, 3.05) is 0 Å². The Morgan fingerprint density at radius 3 is 2.56 bits per heavy atom. The molecule has 1 aliphatic heterocycles. The summed E-state index contributed by atoms with van der Waals surface area (Å²) in [5, 5.41) is 3.00. The van der Waals surface area contributed by atoms with E-state index in [1.165, 1.54) is 16.7 Å². The molecule has 2 nitrogen and oxygen atoms in total. The van der Waals surface area contributed by atoms with Gasteiger partial charge in [0.15, 0.2) is 0 Å². The third-order valence-corrected chi connectivity index (χ3v) is 3.51. The smallest absolute Gasteiger partial charge is 0.142 e. The third-order valence-electron chi connectivity index (χ3n) is 2.73. The van der Waals surface area contributed by atoms with Crippen LogP contribution in [0.15, 0.2) is 28.7 Å². The highest BCUT2D eigenvalue weighted by atomic mass is 32.1. The molecule has 0 spiro atoms. The van der Waals surface area contributed by atoms with E-state index in [0.717, 1.165) is 16.4 Å². The summed E-state index contributed by atoms with van der Waals surface area (Å²) in [5.41, 5.74) is 6.01. The molecule has 2 heterocycles. The van der Waals surface area contributed by atoms with Crippen LogP contribution in [0.1, 0.15) is 29.1 Å². The van der Waals surface area contributed by atoms with Crippen molar-refractivity contribution < 1.29 is 0 Å². The second kappa shape index (κ2) is 3.83. The van der Waals surface area contributed by atoms with E-state index in [-0.39, 0.29) is 7.43 Å². The first-order valence-electron chi connectivity index (χ1n) is 4.86. The molecule has 0 N–H and O–H groups in total. The lowest BCUT2D eigenvalue weighted by Gasteiger charge is -2.18. The van der Waals surface area contributed by atoms with Crippen molar-refractivity contribution in [2.45, 2.75) is 21.3 Å². The van der Waals surface area contributed by atoms with Gasteiger partial charge in [-0.3, -0.25) is 0 Å². The fraction of sp³-hybridized carbons (Fsp3) is 0.231. The van der Waals surface area contributed by atoms with Gasteiger partial charge in [-0.05, 0) is 37.1 Å². The highest BCUT2D eigenvalue weighted by molar-refractivity contribution is 7.12. The lowest BCUT2D eigenvalue weighted by Crippen LogP contribution is -2.11. The maximum absolute atomic E-state index is 4.49. The normalized spacial score (nSPS) is 12.2. The average molecular weight is 230 g/mol. The van der Waals surface area contributed by atoms with Crippen LogP contribution in [-0.4, -0.2) is 10.7 Å². The largest absolute Gasteiger partial charge is 0.244 e. The van der Waals surface area contributed by atoms with Crippen molar-refractivity contribution in [3.63, 3.8) is 0 Å². The molecule has 0 unspecified atom stereocenters. The molecular formula is C13H14N2S. The Balaban J connectivity index is 0.000000963. The van der Waals surface area contributed by atoms with E-state index < -0.39 is 0 Å². The van der Waals surface area contributed by atoms with Crippen LogP contribution in [0.5, 0.6) is 0 Å². The predicted octanol–water partition coefficient (Wildman–Crippen LogP) is 3.88. The molecule has 0 saturated carbocycles. The second-order valence-corrected chi connectivity index (χ2v) is 4.65. The SMILES string of the molecule is C.Cc1cc2c(cc1C)C(c1nccs1)=N2. The van der Waals surface area contributed by atoms with E-state index >= 15 is 0 Å². The van der Waals surface area contributed by atoms with Gasteiger partial charge in [0.2, 0.25) is 0 Å².